The third-order valence-electron chi connectivity index (χ3n) is 18.3. The maximum absolute atomic E-state index is 5.09. The Kier molecular flexibility index (Phi) is 7.56. The number of rotatable bonds is 3. The minimum atomic E-state index is -0.428. The SMILES string of the molecule is C1=CC[C@@H]2C(=C1)c1ccccc1C21c2ccccc2-c2cc3c4cc[nH]c4n(-c4ccc(-c5ccc(-n6c7cc8c(cc7c7cccnc76)-c6ccccc6C86c7ccccc7-c7ccccc76)cc5)cc4)c3cc21. The number of fused-ring (bicyclic) bond motifs is 26. The van der Waals surface area contributed by atoms with E-state index in [0.29, 0.717) is 5.92 Å². The summed E-state index contributed by atoms with van der Waals surface area (Å²) >= 11 is 0. The van der Waals surface area contributed by atoms with E-state index in [-0.39, 0.29) is 5.41 Å². The molecule has 9 aromatic carbocycles. The summed E-state index contributed by atoms with van der Waals surface area (Å²) in [6.07, 6.45) is 12.0. The van der Waals surface area contributed by atoms with Gasteiger partial charge in [0.25, 0.3) is 0 Å². The van der Waals surface area contributed by atoms with E-state index >= 15 is 0 Å². The first-order valence-corrected chi connectivity index (χ1v) is 26.4. The highest BCUT2D eigenvalue weighted by Gasteiger charge is 2.56. The van der Waals surface area contributed by atoms with Crippen LogP contribution in [-0.2, 0) is 10.8 Å². The normalized spacial score (nSPS) is 17.6. The highest BCUT2D eigenvalue weighted by Crippen LogP contribution is 2.67. The second kappa shape index (κ2) is 14.2. The lowest BCUT2D eigenvalue weighted by Gasteiger charge is -2.36. The summed E-state index contributed by atoms with van der Waals surface area (Å²) in [7, 11) is 0. The van der Waals surface area contributed by atoms with Gasteiger partial charge in [0.15, 0.2) is 0 Å². The van der Waals surface area contributed by atoms with Crippen LogP contribution in [0.4, 0.5) is 0 Å². The van der Waals surface area contributed by atoms with Gasteiger partial charge in [0.2, 0.25) is 0 Å². The molecule has 1 N–H and O–H groups in total. The lowest BCUT2D eigenvalue weighted by atomic mass is 9.65. The van der Waals surface area contributed by atoms with Crippen LogP contribution in [0.15, 0.2) is 243 Å². The lowest BCUT2D eigenvalue weighted by Crippen LogP contribution is -2.32. The number of hydrogen-bond donors (Lipinski definition) is 1. The van der Waals surface area contributed by atoms with Gasteiger partial charge in [0.05, 0.1) is 21.9 Å². The molecule has 4 aromatic heterocycles. The molecule has 1 unspecified atom stereocenters. The van der Waals surface area contributed by atoms with E-state index in [0.717, 1.165) is 40.0 Å². The van der Waals surface area contributed by atoms with Gasteiger partial charge in [-0.2, -0.15) is 0 Å². The summed E-state index contributed by atoms with van der Waals surface area (Å²) in [5.74, 6) is 0.323. The van der Waals surface area contributed by atoms with Gasteiger partial charge in [0.1, 0.15) is 11.3 Å². The van der Waals surface area contributed by atoms with Crippen LogP contribution in [0.25, 0.3) is 105 Å². The molecule has 4 heterocycles. The molecule has 0 fully saturated rings. The van der Waals surface area contributed by atoms with Gasteiger partial charge in [-0.1, -0.05) is 164 Å². The van der Waals surface area contributed by atoms with Crippen molar-refractivity contribution in [1.82, 2.24) is 19.1 Å². The standard InChI is InChI=1S/C71H44N4/c1-7-21-58-46(14-1)47-15-2-8-22-59(47)70(58)62-25-11-5-18-50(62)54-38-56-52-20-13-36-72-68(52)74(66(56)40-64(54)70)44-31-27-42(28-32-44)43-29-33-45(34-30-43)75-67-41-65-55(39-57(67)53-35-37-73-69(53)75)51-19-6-12-26-63(51)71(65)60-23-9-3-16-48(60)49-17-4-10-24-61(49)71/h1-23,25-41,61,73H,24H2/t61-,71?/m1/s1. The molecular weight excluding hydrogens is 909 g/mol. The molecule has 13 aromatic rings. The van der Waals surface area contributed by atoms with Crippen molar-refractivity contribution in [3.8, 4) is 55.9 Å². The summed E-state index contributed by atoms with van der Waals surface area (Å²) in [6.45, 7) is 0. The van der Waals surface area contributed by atoms with Crippen LogP contribution in [0.3, 0.4) is 0 Å². The molecule has 0 amide bonds. The Bertz CT molecular complexity index is 4700. The number of nitrogens with one attached hydrogen (secondary N) is 1. The number of pyridine rings is 1. The van der Waals surface area contributed by atoms with Crippen molar-refractivity contribution in [2.75, 3.05) is 0 Å². The first-order valence-electron chi connectivity index (χ1n) is 26.4. The second-order valence-electron chi connectivity index (χ2n) is 21.3. The molecule has 5 aliphatic carbocycles. The molecule has 0 saturated carbocycles. The van der Waals surface area contributed by atoms with E-state index in [2.05, 4.69) is 251 Å². The summed E-state index contributed by atoms with van der Waals surface area (Å²) in [4.78, 5) is 8.75. The van der Waals surface area contributed by atoms with Crippen LogP contribution >= 0.6 is 0 Å². The Morgan fingerprint density at radius 3 is 1.61 bits per heavy atom. The Hall–Kier alpha value is -9.51. The molecule has 0 aliphatic heterocycles. The third-order valence-corrected chi connectivity index (χ3v) is 18.3. The molecule has 0 bridgehead atoms. The second-order valence-corrected chi connectivity index (χ2v) is 21.3. The van der Waals surface area contributed by atoms with Crippen molar-refractivity contribution >= 4 is 49.4 Å². The van der Waals surface area contributed by atoms with E-state index in [1.54, 1.807) is 0 Å². The topological polar surface area (TPSA) is 38.5 Å². The van der Waals surface area contributed by atoms with E-state index < -0.39 is 5.41 Å². The average molecular weight is 953 g/mol. The zero-order valence-corrected chi connectivity index (χ0v) is 40.7. The van der Waals surface area contributed by atoms with Gasteiger partial charge in [-0.05, 0) is 168 Å². The summed E-state index contributed by atoms with van der Waals surface area (Å²) < 4.78 is 4.83. The minimum Gasteiger partial charge on any atom is -0.347 e. The molecule has 4 heteroatoms. The number of aromatic nitrogens is 4. The molecule has 5 aliphatic rings. The van der Waals surface area contributed by atoms with Crippen LogP contribution in [0.1, 0.15) is 50.9 Å². The summed E-state index contributed by atoms with van der Waals surface area (Å²) in [6, 6.07) is 80.3. The first kappa shape index (κ1) is 40.0. The van der Waals surface area contributed by atoms with Gasteiger partial charge < -0.3 is 4.98 Å². The van der Waals surface area contributed by atoms with Crippen LogP contribution in [0.2, 0.25) is 0 Å². The zero-order valence-electron chi connectivity index (χ0n) is 40.7. The predicted molar refractivity (Wildman–Crippen MR) is 306 cm³/mol. The molecule has 4 nitrogen and oxygen atoms in total. The summed E-state index contributed by atoms with van der Waals surface area (Å²) in [5, 5.41) is 4.87. The van der Waals surface area contributed by atoms with Crippen LogP contribution in [0, 0.1) is 5.92 Å². The highest BCUT2D eigenvalue weighted by molar-refractivity contribution is 6.13. The smallest absolute Gasteiger partial charge is 0.145 e. The van der Waals surface area contributed by atoms with Crippen molar-refractivity contribution < 1.29 is 0 Å². The van der Waals surface area contributed by atoms with Crippen molar-refractivity contribution in [2.45, 2.75) is 17.3 Å². The van der Waals surface area contributed by atoms with Gasteiger partial charge in [0, 0.05) is 51.2 Å². The minimum absolute atomic E-state index is 0.274. The number of nitrogens with zero attached hydrogens (tertiary/aromatic N) is 3. The Morgan fingerprint density at radius 1 is 0.427 bits per heavy atom. The van der Waals surface area contributed by atoms with Gasteiger partial charge in [-0.15, -0.1) is 0 Å². The number of H-pyrrole nitrogens is 1. The molecular formula is C71H44N4. The van der Waals surface area contributed by atoms with Crippen LogP contribution in [0.5, 0.6) is 0 Å². The van der Waals surface area contributed by atoms with Gasteiger partial charge in [-0.25, -0.2) is 4.98 Å². The third kappa shape index (κ3) is 4.78. The molecule has 2 spiro atoms. The quantitative estimate of drug-likeness (QED) is 0.188. The van der Waals surface area contributed by atoms with Crippen molar-refractivity contribution in [3.05, 3.63) is 287 Å². The Morgan fingerprint density at radius 2 is 0.947 bits per heavy atom. The predicted octanol–water partition coefficient (Wildman–Crippen LogP) is 16.9. The van der Waals surface area contributed by atoms with Gasteiger partial charge in [-0.3, -0.25) is 9.13 Å². The van der Waals surface area contributed by atoms with E-state index in [9.17, 15) is 0 Å². The molecule has 0 saturated heterocycles. The lowest BCUT2D eigenvalue weighted by molar-refractivity contribution is 0.495. The summed E-state index contributed by atoms with van der Waals surface area (Å²) in [5.41, 5.74) is 28.7. The Balaban J connectivity index is 0.763. The fraction of sp³-hybridized carbons (Fsp3) is 0.0563. The van der Waals surface area contributed by atoms with Crippen molar-refractivity contribution in [2.24, 2.45) is 5.92 Å². The molecule has 0 radical (unpaired) electrons. The molecule has 75 heavy (non-hydrogen) atoms. The monoisotopic (exact) mass is 952 g/mol. The number of benzene rings is 9. The zero-order chi connectivity index (χ0) is 48.7. The molecule has 18 rings (SSSR count). The van der Waals surface area contributed by atoms with Gasteiger partial charge >= 0.3 is 0 Å². The molecule has 2 atom stereocenters. The number of hydrogen-bond acceptors (Lipinski definition) is 1. The van der Waals surface area contributed by atoms with E-state index in [4.69, 9.17) is 4.98 Å². The maximum Gasteiger partial charge on any atom is 0.145 e. The van der Waals surface area contributed by atoms with Crippen LogP contribution in [-0.4, -0.2) is 19.1 Å². The first-order chi connectivity index (χ1) is 37.2. The fourth-order valence-electron chi connectivity index (χ4n) is 15.4. The Labute approximate surface area is 432 Å². The highest BCUT2D eigenvalue weighted by atomic mass is 15.1. The van der Waals surface area contributed by atoms with E-state index in [1.807, 2.05) is 6.20 Å². The van der Waals surface area contributed by atoms with Crippen molar-refractivity contribution in [3.63, 3.8) is 0 Å². The van der Waals surface area contributed by atoms with Crippen LogP contribution < -0.4 is 0 Å². The largest absolute Gasteiger partial charge is 0.347 e. The molecule has 348 valence electrons. The fourth-order valence-corrected chi connectivity index (χ4v) is 15.4. The number of aromatic amines is 1. The van der Waals surface area contributed by atoms with Crippen molar-refractivity contribution in [1.29, 1.82) is 0 Å². The maximum atomic E-state index is 5.09. The average Bonchev–Trinajstić information content (AvgIpc) is 4.48. The number of allylic oxidation sites excluding steroid dienone is 4. The van der Waals surface area contributed by atoms with E-state index in [1.165, 1.54) is 116 Å².